The molecular weight excluding hydrogens is 1130 g/mol. The third-order valence-electron chi connectivity index (χ3n) is 17.7. The Kier molecular flexibility index (Phi) is 70.4. The van der Waals surface area contributed by atoms with Crippen LogP contribution in [-0.4, -0.2) is 82.3 Å². The molecule has 0 aromatic heterocycles. The van der Waals surface area contributed by atoms with Crippen LogP contribution in [0, 0.1) is 0 Å². The van der Waals surface area contributed by atoms with Gasteiger partial charge in [-0.2, -0.15) is 0 Å². The number of hydrogen-bond donors (Lipinski definition) is 0. The molecule has 0 aromatic rings. The van der Waals surface area contributed by atoms with Crippen molar-refractivity contribution in [2.45, 2.75) is 399 Å². The summed E-state index contributed by atoms with van der Waals surface area (Å²) in [7, 11) is 5.94. The van der Waals surface area contributed by atoms with Crippen molar-refractivity contribution >= 4 is 17.9 Å². The van der Waals surface area contributed by atoms with Crippen LogP contribution in [0.2, 0.25) is 0 Å². The summed E-state index contributed by atoms with van der Waals surface area (Å²) in [6.45, 7) is 4.69. The van der Waals surface area contributed by atoms with Crippen molar-refractivity contribution in [3.63, 3.8) is 0 Å². The summed E-state index contributed by atoms with van der Waals surface area (Å²) < 4.78 is 22.8. The van der Waals surface area contributed by atoms with Crippen molar-refractivity contribution in [1.29, 1.82) is 0 Å². The van der Waals surface area contributed by atoms with Gasteiger partial charge in [0.2, 0.25) is 0 Å². The molecule has 0 heterocycles. The molecule has 0 rings (SSSR count). The average Bonchev–Trinajstić information content (AvgIpc) is 3.46. The van der Waals surface area contributed by atoms with Crippen molar-refractivity contribution in [2.24, 2.45) is 0 Å². The zero-order chi connectivity index (χ0) is 66.1. The first-order valence-electron chi connectivity index (χ1n) is 39.4. The van der Waals surface area contributed by atoms with Gasteiger partial charge in [0, 0.05) is 12.8 Å². The molecule has 532 valence electrons. The van der Waals surface area contributed by atoms with Crippen molar-refractivity contribution in [2.75, 3.05) is 47.5 Å². The number of likely N-dealkylation sites (N-methyl/N-ethyl adjacent to an activating group) is 1. The number of aliphatic carboxylic acids is 1. The van der Waals surface area contributed by atoms with Gasteiger partial charge in [0.1, 0.15) is 13.2 Å². The second-order valence-electron chi connectivity index (χ2n) is 28.0. The number of rotatable bonds is 74. The lowest BCUT2D eigenvalue weighted by atomic mass is 10.0. The van der Waals surface area contributed by atoms with E-state index >= 15 is 0 Å². The van der Waals surface area contributed by atoms with Crippen molar-refractivity contribution < 1.29 is 42.9 Å². The normalized spacial score (nSPS) is 12.9. The van der Waals surface area contributed by atoms with Crippen LogP contribution >= 0.6 is 0 Å². The molecule has 9 heteroatoms. The van der Waals surface area contributed by atoms with E-state index in [1.165, 1.54) is 289 Å². The molecule has 0 bridgehead atoms. The molecule has 0 aliphatic rings. The van der Waals surface area contributed by atoms with Crippen LogP contribution in [-0.2, 0) is 33.3 Å². The highest BCUT2D eigenvalue weighted by Crippen LogP contribution is 2.19. The molecule has 0 radical (unpaired) electrons. The molecule has 9 nitrogen and oxygen atoms in total. The number of carboxylic acids is 1. The number of esters is 2. The highest BCUT2D eigenvalue weighted by molar-refractivity contribution is 5.70. The third kappa shape index (κ3) is 74.3. The summed E-state index contributed by atoms with van der Waals surface area (Å²) in [6, 6.07) is 0. The zero-order valence-electron chi connectivity index (χ0n) is 61.0. The first-order valence-corrected chi connectivity index (χ1v) is 39.4. The number of carbonyl (C=O) groups excluding carboxylic acids is 3. The number of ether oxygens (including phenoxy) is 4. The molecule has 0 amide bonds. The van der Waals surface area contributed by atoms with E-state index in [-0.39, 0.29) is 32.2 Å². The van der Waals surface area contributed by atoms with E-state index in [4.69, 9.17) is 18.9 Å². The van der Waals surface area contributed by atoms with Crippen LogP contribution in [0.25, 0.3) is 0 Å². The van der Waals surface area contributed by atoms with Gasteiger partial charge in [-0.15, -0.1) is 0 Å². The van der Waals surface area contributed by atoms with Gasteiger partial charge in [-0.25, -0.2) is 0 Å². The molecule has 0 saturated carbocycles. The molecule has 2 atom stereocenters. The van der Waals surface area contributed by atoms with Gasteiger partial charge in [0.15, 0.2) is 12.4 Å². The molecule has 0 aromatic carbocycles. The minimum Gasteiger partial charge on any atom is -0.545 e. The summed E-state index contributed by atoms with van der Waals surface area (Å²) in [4.78, 5) is 37.6. The second kappa shape index (κ2) is 72.8. The monoisotopic (exact) mass is 1280 g/mol. The van der Waals surface area contributed by atoms with Crippen LogP contribution < -0.4 is 5.11 Å². The first-order chi connectivity index (χ1) is 44.6. The number of carboxylic acid groups (broad SMARTS) is 1. The van der Waals surface area contributed by atoms with Gasteiger partial charge in [-0.1, -0.05) is 357 Å². The van der Waals surface area contributed by atoms with Crippen LogP contribution in [0.5, 0.6) is 0 Å². The number of quaternary nitrogens is 1. The van der Waals surface area contributed by atoms with Gasteiger partial charge in [0.05, 0.1) is 40.3 Å². The average molecular weight is 1280 g/mol. The fourth-order valence-electron chi connectivity index (χ4n) is 11.8. The van der Waals surface area contributed by atoms with Crippen LogP contribution in [0.3, 0.4) is 0 Å². The summed E-state index contributed by atoms with van der Waals surface area (Å²) >= 11 is 0. The minimum absolute atomic E-state index is 0.148. The second-order valence-corrected chi connectivity index (χ2v) is 28.0. The third-order valence-corrected chi connectivity index (χ3v) is 17.7. The Hall–Kier alpha value is -3.01. The zero-order valence-corrected chi connectivity index (χ0v) is 61.0. The summed E-state index contributed by atoms with van der Waals surface area (Å²) in [5.41, 5.74) is 0. The lowest BCUT2D eigenvalue weighted by molar-refractivity contribution is -0.870. The number of nitrogens with zero attached hydrogens (tertiary/aromatic N) is 1. The Morgan fingerprint density at radius 2 is 0.626 bits per heavy atom. The summed E-state index contributed by atoms with van der Waals surface area (Å²) in [5.74, 6) is -2.26. The topological polar surface area (TPSA) is 111 Å². The molecule has 91 heavy (non-hydrogen) atoms. The van der Waals surface area contributed by atoms with E-state index in [2.05, 4.69) is 74.6 Å². The Labute approximate surface area is 565 Å². The minimum atomic E-state index is -1.62. The standard InChI is InChI=1S/C82H151NO8/c1-6-8-10-12-14-16-18-20-22-24-26-28-30-32-33-34-35-36-37-38-39-40-41-42-43-44-45-46-47-49-50-52-54-56-58-60-62-64-66-68-70-72-79(84)89-76-78(77-90-82(81(86)87)88-75-74-83(3,4)5)91-80(85)73-71-69-67-65-63-61-59-57-55-53-51-48-31-29-27-25-23-21-19-17-15-13-11-9-7-2/h9,11,15,17,21,23-24,26-27,29,78,82H,6-8,10,12-14,16,18-20,22,25,28,30-77H2,1-5H3/b11-9-,17-15-,23-21-,26-24-,29-27-. The first kappa shape index (κ1) is 88.0. The van der Waals surface area contributed by atoms with Crippen molar-refractivity contribution in [3.05, 3.63) is 60.8 Å². The fourth-order valence-corrected chi connectivity index (χ4v) is 11.8. The van der Waals surface area contributed by atoms with E-state index in [0.29, 0.717) is 23.9 Å². The van der Waals surface area contributed by atoms with Gasteiger partial charge in [-0.3, -0.25) is 9.59 Å². The largest absolute Gasteiger partial charge is 0.545 e. The van der Waals surface area contributed by atoms with Gasteiger partial charge in [0.25, 0.3) is 0 Å². The number of hydrogen-bond acceptors (Lipinski definition) is 8. The van der Waals surface area contributed by atoms with Crippen molar-refractivity contribution in [1.82, 2.24) is 0 Å². The molecule has 0 aliphatic carbocycles. The quantitative estimate of drug-likeness (QED) is 0.0195. The van der Waals surface area contributed by atoms with Gasteiger partial charge in [-0.05, 0) is 77.0 Å². The van der Waals surface area contributed by atoms with Crippen LogP contribution in [0.15, 0.2) is 60.8 Å². The van der Waals surface area contributed by atoms with E-state index in [1.807, 2.05) is 21.1 Å². The Balaban J connectivity index is 3.93. The lowest BCUT2D eigenvalue weighted by Crippen LogP contribution is -2.44. The van der Waals surface area contributed by atoms with Crippen LogP contribution in [0.4, 0.5) is 0 Å². The van der Waals surface area contributed by atoms with Gasteiger partial charge < -0.3 is 33.3 Å². The van der Waals surface area contributed by atoms with E-state index in [1.54, 1.807) is 0 Å². The van der Waals surface area contributed by atoms with Crippen molar-refractivity contribution in [3.8, 4) is 0 Å². The highest BCUT2D eigenvalue weighted by atomic mass is 16.7. The smallest absolute Gasteiger partial charge is 0.306 e. The maximum absolute atomic E-state index is 12.9. The molecule has 2 unspecified atom stereocenters. The molecule has 0 fully saturated rings. The molecular formula is C82H151NO8. The highest BCUT2D eigenvalue weighted by Gasteiger charge is 2.22. The van der Waals surface area contributed by atoms with Gasteiger partial charge >= 0.3 is 11.9 Å². The Bertz CT molecular complexity index is 1680. The maximum Gasteiger partial charge on any atom is 0.306 e. The Morgan fingerprint density at radius 3 is 0.945 bits per heavy atom. The Morgan fingerprint density at radius 1 is 0.341 bits per heavy atom. The SMILES string of the molecule is CC/C=C\C/C=C\C/C=C\C/C=C\CCCCCCCCCCCCCCC(=O)OC(COC(=O)CCCCCCCCCCCCCCCCCCCCCCCCCCCCCCC/C=C\CCCCCCCCCC)COC(OCC[N+](C)(C)C)C(=O)[O-]. The predicted octanol–water partition coefficient (Wildman–Crippen LogP) is 23.7. The maximum atomic E-state index is 12.9. The number of carbonyl (C=O) groups is 3. The van der Waals surface area contributed by atoms with Crippen LogP contribution in [0.1, 0.15) is 386 Å². The van der Waals surface area contributed by atoms with E-state index < -0.39 is 24.3 Å². The molecule has 0 saturated heterocycles. The number of unbranched alkanes of at least 4 members (excludes halogenated alkanes) is 49. The summed E-state index contributed by atoms with van der Waals surface area (Å²) in [5, 5.41) is 11.8. The van der Waals surface area contributed by atoms with E-state index in [0.717, 1.165) is 64.2 Å². The lowest BCUT2D eigenvalue weighted by Gasteiger charge is -2.26. The summed E-state index contributed by atoms with van der Waals surface area (Å²) in [6.07, 6.45) is 93.6. The molecule has 0 aliphatic heterocycles. The molecule has 0 N–H and O–H groups in total. The number of allylic oxidation sites excluding steroid dienone is 10. The molecule has 0 spiro atoms. The predicted molar refractivity (Wildman–Crippen MR) is 389 cm³/mol. The fraction of sp³-hybridized carbons (Fsp3) is 0.841. The van der Waals surface area contributed by atoms with E-state index in [9.17, 15) is 19.5 Å².